The van der Waals surface area contributed by atoms with E-state index in [9.17, 15) is 4.79 Å². The number of benzene rings is 1. The Morgan fingerprint density at radius 1 is 1.47 bits per heavy atom. The summed E-state index contributed by atoms with van der Waals surface area (Å²) in [6, 6.07) is 7.38. The van der Waals surface area contributed by atoms with Gasteiger partial charge in [-0.1, -0.05) is 19.1 Å². The van der Waals surface area contributed by atoms with E-state index in [1.165, 1.54) is 0 Å². The van der Waals surface area contributed by atoms with Crippen molar-refractivity contribution < 1.29 is 4.79 Å². The van der Waals surface area contributed by atoms with Crippen LogP contribution in [0.2, 0.25) is 0 Å². The van der Waals surface area contributed by atoms with Gasteiger partial charge in [0.25, 0.3) is 0 Å². The predicted molar refractivity (Wildman–Crippen MR) is 70.7 cm³/mol. The van der Waals surface area contributed by atoms with Crippen molar-refractivity contribution in [3.05, 3.63) is 29.8 Å². The molecule has 1 atom stereocenters. The van der Waals surface area contributed by atoms with E-state index in [0.29, 0.717) is 6.42 Å². The molecular formula is C13H21N3O. The SMILES string of the molecule is CC[C@@H](N)C(=O)Nc1cccc(CN(C)C)c1. The minimum atomic E-state index is -0.437. The van der Waals surface area contributed by atoms with E-state index in [2.05, 4.69) is 10.2 Å². The molecule has 94 valence electrons. The van der Waals surface area contributed by atoms with Crippen LogP contribution >= 0.6 is 0 Å². The molecule has 1 aromatic rings. The Kier molecular flexibility index (Phi) is 5.12. The van der Waals surface area contributed by atoms with Crippen molar-refractivity contribution in [2.75, 3.05) is 19.4 Å². The Morgan fingerprint density at radius 2 is 2.18 bits per heavy atom. The van der Waals surface area contributed by atoms with Gasteiger partial charge in [-0.3, -0.25) is 4.79 Å². The minimum absolute atomic E-state index is 0.130. The summed E-state index contributed by atoms with van der Waals surface area (Å²) in [5, 5.41) is 2.82. The van der Waals surface area contributed by atoms with Gasteiger partial charge < -0.3 is 16.0 Å². The summed E-state index contributed by atoms with van der Waals surface area (Å²) in [5.74, 6) is -0.130. The number of rotatable bonds is 5. The maximum absolute atomic E-state index is 11.6. The van der Waals surface area contributed by atoms with Gasteiger partial charge in [-0.25, -0.2) is 0 Å². The van der Waals surface area contributed by atoms with Crippen molar-refractivity contribution in [1.82, 2.24) is 4.90 Å². The zero-order chi connectivity index (χ0) is 12.8. The van der Waals surface area contributed by atoms with Crippen LogP contribution in [-0.2, 0) is 11.3 Å². The largest absolute Gasteiger partial charge is 0.325 e. The molecular weight excluding hydrogens is 214 g/mol. The second-order valence-electron chi connectivity index (χ2n) is 4.44. The first-order chi connectivity index (χ1) is 8.02. The number of hydrogen-bond acceptors (Lipinski definition) is 3. The van der Waals surface area contributed by atoms with Crippen molar-refractivity contribution in [3.63, 3.8) is 0 Å². The maximum Gasteiger partial charge on any atom is 0.241 e. The van der Waals surface area contributed by atoms with Crippen LogP contribution in [-0.4, -0.2) is 30.9 Å². The van der Waals surface area contributed by atoms with Crippen molar-refractivity contribution in [1.29, 1.82) is 0 Å². The molecule has 0 aromatic heterocycles. The van der Waals surface area contributed by atoms with Gasteiger partial charge in [0.15, 0.2) is 0 Å². The Balaban J connectivity index is 2.68. The molecule has 0 spiro atoms. The number of nitrogens with one attached hydrogen (secondary N) is 1. The van der Waals surface area contributed by atoms with Gasteiger partial charge >= 0.3 is 0 Å². The zero-order valence-corrected chi connectivity index (χ0v) is 10.7. The van der Waals surface area contributed by atoms with Gasteiger partial charge in [0.1, 0.15) is 0 Å². The molecule has 0 radical (unpaired) electrons. The van der Waals surface area contributed by atoms with Crippen molar-refractivity contribution in [2.24, 2.45) is 5.73 Å². The number of hydrogen-bond donors (Lipinski definition) is 2. The third kappa shape index (κ3) is 4.54. The molecule has 0 saturated heterocycles. The van der Waals surface area contributed by atoms with Crippen molar-refractivity contribution in [3.8, 4) is 0 Å². The van der Waals surface area contributed by atoms with E-state index in [-0.39, 0.29) is 5.91 Å². The van der Waals surface area contributed by atoms with Gasteiger partial charge in [0.05, 0.1) is 6.04 Å². The highest BCUT2D eigenvalue weighted by Crippen LogP contribution is 2.12. The van der Waals surface area contributed by atoms with Gasteiger partial charge in [0, 0.05) is 12.2 Å². The molecule has 4 nitrogen and oxygen atoms in total. The molecule has 0 aliphatic heterocycles. The molecule has 1 amide bonds. The zero-order valence-electron chi connectivity index (χ0n) is 10.7. The highest BCUT2D eigenvalue weighted by Gasteiger charge is 2.10. The van der Waals surface area contributed by atoms with Crippen LogP contribution in [0.5, 0.6) is 0 Å². The fraction of sp³-hybridized carbons (Fsp3) is 0.462. The molecule has 0 aliphatic carbocycles. The van der Waals surface area contributed by atoms with Crippen LogP contribution in [0.25, 0.3) is 0 Å². The quantitative estimate of drug-likeness (QED) is 0.811. The average Bonchev–Trinajstić information content (AvgIpc) is 2.27. The fourth-order valence-corrected chi connectivity index (χ4v) is 1.53. The van der Waals surface area contributed by atoms with Gasteiger partial charge in [-0.05, 0) is 38.2 Å². The maximum atomic E-state index is 11.6. The highest BCUT2D eigenvalue weighted by atomic mass is 16.2. The number of anilines is 1. The number of nitrogens with zero attached hydrogens (tertiary/aromatic N) is 1. The first kappa shape index (κ1) is 13.7. The first-order valence-corrected chi connectivity index (χ1v) is 5.83. The van der Waals surface area contributed by atoms with Crippen molar-refractivity contribution in [2.45, 2.75) is 25.9 Å². The minimum Gasteiger partial charge on any atom is -0.325 e. The van der Waals surface area contributed by atoms with E-state index < -0.39 is 6.04 Å². The molecule has 3 N–H and O–H groups in total. The molecule has 1 aromatic carbocycles. The average molecular weight is 235 g/mol. The van der Waals surface area contributed by atoms with E-state index in [0.717, 1.165) is 17.8 Å². The third-order valence-corrected chi connectivity index (χ3v) is 2.47. The molecule has 0 unspecified atom stereocenters. The van der Waals surface area contributed by atoms with E-state index >= 15 is 0 Å². The lowest BCUT2D eigenvalue weighted by Gasteiger charge is -2.13. The Bertz CT molecular complexity index is 377. The molecule has 0 aliphatic rings. The van der Waals surface area contributed by atoms with E-state index in [4.69, 9.17) is 5.73 Å². The molecule has 0 fully saturated rings. The van der Waals surface area contributed by atoms with Crippen LogP contribution in [0.15, 0.2) is 24.3 Å². The van der Waals surface area contributed by atoms with Gasteiger partial charge in [-0.2, -0.15) is 0 Å². The van der Waals surface area contributed by atoms with Crippen LogP contribution < -0.4 is 11.1 Å². The third-order valence-electron chi connectivity index (χ3n) is 2.47. The van der Waals surface area contributed by atoms with Crippen LogP contribution in [0.4, 0.5) is 5.69 Å². The lowest BCUT2D eigenvalue weighted by atomic mass is 10.1. The number of carbonyl (C=O) groups is 1. The summed E-state index contributed by atoms with van der Waals surface area (Å²) >= 11 is 0. The fourth-order valence-electron chi connectivity index (χ4n) is 1.53. The van der Waals surface area contributed by atoms with Crippen molar-refractivity contribution >= 4 is 11.6 Å². The normalized spacial score (nSPS) is 12.5. The van der Waals surface area contributed by atoms with Gasteiger partial charge in [0.2, 0.25) is 5.91 Å². The van der Waals surface area contributed by atoms with E-state index in [1.54, 1.807) is 0 Å². The standard InChI is InChI=1S/C13H21N3O/c1-4-12(14)13(17)15-11-7-5-6-10(8-11)9-16(2)3/h5-8,12H,4,9,14H2,1-3H3,(H,15,17)/t12-/m1/s1. The summed E-state index contributed by atoms with van der Waals surface area (Å²) in [6.07, 6.45) is 0.642. The second kappa shape index (κ2) is 6.37. The Hall–Kier alpha value is -1.39. The Morgan fingerprint density at radius 3 is 2.76 bits per heavy atom. The molecule has 1 rings (SSSR count). The smallest absolute Gasteiger partial charge is 0.241 e. The number of nitrogens with two attached hydrogens (primary N) is 1. The summed E-state index contributed by atoms with van der Waals surface area (Å²) in [4.78, 5) is 13.7. The predicted octanol–water partition coefficient (Wildman–Crippen LogP) is 1.42. The lowest BCUT2D eigenvalue weighted by Crippen LogP contribution is -2.34. The molecule has 17 heavy (non-hydrogen) atoms. The summed E-state index contributed by atoms with van der Waals surface area (Å²) < 4.78 is 0. The molecule has 0 heterocycles. The second-order valence-corrected chi connectivity index (χ2v) is 4.44. The van der Waals surface area contributed by atoms with Crippen LogP contribution in [0, 0.1) is 0 Å². The lowest BCUT2D eigenvalue weighted by molar-refractivity contribution is -0.117. The molecule has 4 heteroatoms. The van der Waals surface area contributed by atoms with Crippen LogP contribution in [0.3, 0.4) is 0 Å². The topological polar surface area (TPSA) is 58.4 Å². The summed E-state index contributed by atoms with van der Waals surface area (Å²) in [6.45, 7) is 2.75. The van der Waals surface area contributed by atoms with Crippen LogP contribution in [0.1, 0.15) is 18.9 Å². The summed E-state index contributed by atoms with van der Waals surface area (Å²) in [7, 11) is 4.02. The summed E-state index contributed by atoms with van der Waals surface area (Å²) in [5.41, 5.74) is 7.63. The number of amides is 1. The number of carbonyl (C=O) groups excluding carboxylic acids is 1. The Labute approximate surface area is 103 Å². The molecule has 0 bridgehead atoms. The van der Waals surface area contributed by atoms with Gasteiger partial charge in [-0.15, -0.1) is 0 Å². The highest BCUT2D eigenvalue weighted by molar-refractivity contribution is 5.94. The first-order valence-electron chi connectivity index (χ1n) is 5.83. The molecule has 0 saturated carbocycles. The van der Waals surface area contributed by atoms with E-state index in [1.807, 2.05) is 45.3 Å². The monoisotopic (exact) mass is 235 g/mol.